The summed E-state index contributed by atoms with van der Waals surface area (Å²) >= 11 is 0. The lowest BCUT2D eigenvalue weighted by Gasteiger charge is -2.58. The lowest BCUT2D eigenvalue weighted by molar-refractivity contribution is -0.151. The Hall–Kier alpha value is -1.43. The van der Waals surface area contributed by atoms with Crippen LogP contribution in [0.3, 0.4) is 0 Å². The molecule has 0 spiro atoms. The summed E-state index contributed by atoms with van der Waals surface area (Å²) in [5.74, 6) is -2.52. The van der Waals surface area contributed by atoms with Crippen LogP contribution in [0, 0.1) is 34.5 Å². The monoisotopic (exact) mass is 380 g/mol. The molecule has 4 nitrogen and oxygen atoms in total. The molecule has 0 aromatic heterocycles. The molecular formula is C21H26F2O4. The highest BCUT2D eigenvalue weighted by Gasteiger charge is 2.66. The second-order valence-electron chi connectivity index (χ2n) is 9.30. The fourth-order valence-electron chi connectivity index (χ4n) is 6.98. The van der Waals surface area contributed by atoms with Crippen LogP contribution in [-0.4, -0.2) is 41.4 Å². The maximum atomic E-state index is 15.4. The Bertz CT molecular complexity index is 746. The van der Waals surface area contributed by atoms with Crippen LogP contribution in [0.2, 0.25) is 0 Å². The van der Waals surface area contributed by atoms with Gasteiger partial charge in [0.1, 0.15) is 12.8 Å². The van der Waals surface area contributed by atoms with E-state index in [4.69, 9.17) is 0 Å². The molecule has 1 N–H and O–H groups in total. The van der Waals surface area contributed by atoms with Crippen LogP contribution >= 0.6 is 0 Å². The van der Waals surface area contributed by atoms with Crippen molar-refractivity contribution in [2.45, 2.75) is 58.3 Å². The molecule has 4 aliphatic rings. The number of carbonyl (C=O) groups excluding carboxylic acids is 3. The Labute approximate surface area is 157 Å². The molecule has 0 radical (unpaired) electrons. The van der Waals surface area contributed by atoms with Gasteiger partial charge in [-0.3, -0.25) is 14.4 Å². The highest BCUT2D eigenvalue weighted by Crippen LogP contribution is 2.66. The summed E-state index contributed by atoms with van der Waals surface area (Å²) in [6.45, 7) is 3.10. The minimum Gasteiger partial charge on any atom is -0.389 e. The predicted molar refractivity (Wildman–Crippen MR) is 93.2 cm³/mol. The predicted octanol–water partition coefficient (Wildman–Crippen LogP) is 2.77. The molecule has 2 unspecified atom stereocenters. The molecule has 0 amide bonds. The summed E-state index contributed by atoms with van der Waals surface area (Å²) in [5, 5.41) is 9.31. The van der Waals surface area contributed by atoms with E-state index < -0.39 is 41.5 Å². The van der Waals surface area contributed by atoms with Crippen molar-refractivity contribution in [2.75, 3.05) is 6.61 Å². The van der Waals surface area contributed by atoms with Gasteiger partial charge >= 0.3 is 0 Å². The first kappa shape index (κ1) is 18.9. The van der Waals surface area contributed by atoms with Crippen molar-refractivity contribution in [2.24, 2.45) is 34.5 Å². The number of aliphatic hydroxyl groups is 1. The number of fused-ring (bicyclic) bond motifs is 5. The maximum Gasteiger partial charge on any atom is 0.163 e. The first-order valence-corrected chi connectivity index (χ1v) is 9.86. The van der Waals surface area contributed by atoms with E-state index in [0.717, 1.165) is 6.08 Å². The van der Waals surface area contributed by atoms with Crippen molar-refractivity contribution >= 4 is 17.3 Å². The van der Waals surface area contributed by atoms with E-state index >= 15 is 8.78 Å². The van der Waals surface area contributed by atoms with Gasteiger partial charge in [0.25, 0.3) is 0 Å². The zero-order valence-electron chi connectivity index (χ0n) is 15.7. The molecule has 3 saturated carbocycles. The van der Waals surface area contributed by atoms with Gasteiger partial charge in [-0.05, 0) is 61.5 Å². The lowest BCUT2D eigenvalue weighted by Crippen LogP contribution is -2.61. The fourth-order valence-corrected chi connectivity index (χ4v) is 6.98. The summed E-state index contributed by atoms with van der Waals surface area (Å²) < 4.78 is 30.5. The normalized spacial score (nSPS) is 49.1. The third-order valence-corrected chi connectivity index (χ3v) is 8.39. The van der Waals surface area contributed by atoms with Crippen LogP contribution in [0.25, 0.3) is 0 Å². The van der Waals surface area contributed by atoms with Crippen molar-refractivity contribution in [3.8, 4) is 0 Å². The zero-order valence-corrected chi connectivity index (χ0v) is 15.7. The molecule has 4 rings (SSSR count). The maximum absolute atomic E-state index is 15.4. The quantitative estimate of drug-likeness (QED) is 0.748. The number of hydrogen-bond donors (Lipinski definition) is 1. The van der Waals surface area contributed by atoms with E-state index in [1.165, 1.54) is 0 Å². The van der Waals surface area contributed by atoms with E-state index in [1.54, 1.807) is 6.92 Å². The topological polar surface area (TPSA) is 71.4 Å². The van der Waals surface area contributed by atoms with Crippen LogP contribution in [0.1, 0.15) is 46.0 Å². The molecule has 4 aliphatic carbocycles. The minimum atomic E-state index is -1.96. The lowest BCUT2D eigenvalue weighted by atomic mass is 9.45. The first-order valence-electron chi connectivity index (χ1n) is 9.86. The molecule has 3 fully saturated rings. The molecule has 0 aliphatic heterocycles. The van der Waals surface area contributed by atoms with Gasteiger partial charge in [-0.15, -0.1) is 0 Å². The van der Waals surface area contributed by atoms with E-state index in [0.29, 0.717) is 25.7 Å². The fraction of sp³-hybridized carbons (Fsp3) is 0.762. The van der Waals surface area contributed by atoms with Crippen molar-refractivity contribution in [1.29, 1.82) is 0 Å². The number of halogens is 2. The zero-order chi connectivity index (χ0) is 19.7. The molecule has 0 bridgehead atoms. The molecule has 8 atom stereocenters. The second-order valence-corrected chi connectivity index (χ2v) is 9.30. The van der Waals surface area contributed by atoms with E-state index in [1.807, 2.05) is 6.92 Å². The number of hydrogen-bond acceptors (Lipinski definition) is 4. The molecular weight excluding hydrogens is 354 g/mol. The van der Waals surface area contributed by atoms with E-state index in [9.17, 15) is 19.5 Å². The van der Waals surface area contributed by atoms with E-state index in [-0.39, 0.29) is 41.3 Å². The Morgan fingerprint density at radius 1 is 1.19 bits per heavy atom. The van der Waals surface area contributed by atoms with Crippen LogP contribution in [0.15, 0.2) is 11.6 Å². The van der Waals surface area contributed by atoms with Crippen molar-refractivity contribution in [1.82, 2.24) is 0 Å². The highest BCUT2D eigenvalue weighted by atomic mass is 19.2. The molecule has 0 heterocycles. The third-order valence-electron chi connectivity index (χ3n) is 8.39. The Kier molecular flexibility index (Phi) is 4.22. The summed E-state index contributed by atoms with van der Waals surface area (Å²) in [5.41, 5.74) is -1.60. The van der Waals surface area contributed by atoms with E-state index in [2.05, 4.69) is 0 Å². The van der Waals surface area contributed by atoms with Crippen molar-refractivity contribution in [3.05, 3.63) is 11.6 Å². The van der Waals surface area contributed by atoms with Crippen molar-refractivity contribution in [3.63, 3.8) is 0 Å². The molecule has 0 saturated heterocycles. The van der Waals surface area contributed by atoms with Gasteiger partial charge in [0.2, 0.25) is 0 Å². The number of carbonyl (C=O) groups is 3. The van der Waals surface area contributed by atoms with Crippen LogP contribution < -0.4 is 0 Å². The average molecular weight is 380 g/mol. The van der Waals surface area contributed by atoms with Gasteiger partial charge in [0.05, 0.1) is 11.8 Å². The number of allylic oxidation sites excluding steroid dienone is 1. The summed E-state index contributed by atoms with van der Waals surface area (Å²) in [7, 11) is 0. The van der Waals surface area contributed by atoms with Crippen LogP contribution in [0.4, 0.5) is 8.78 Å². The smallest absolute Gasteiger partial charge is 0.163 e. The summed E-state index contributed by atoms with van der Waals surface area (Å²) in [6.07, 6.45) is -0.491. The number of alkyl halides is 2. The van der Waals surface area contributed by atoms with Gasteiger partial charge in [0.15, 0.2) is 23.5 Å². The first-order chi connectivity index (χ1) is 12.7. The summed E-state index contributed by atoms with van der Waals surface area (Å²) in [6, 6.07) is 0. The van der Waals surface area contributed by atoms with Gasteiger partial charge in [-0.2, -0.15) is 0 Å². The van der Waals surface area contributed by atoms with Crippen LogP contribution in [0.5, 0.6) is 0 Å². The summed E-state index contributed by atoms with van der Waals surface area (Å²) in [4.78, 5) is 36.9. The number of rotatable bonds is 2. The number of ketones is 3. The van der Waals surface area contributed by atoms with Gasteiger partial charge in [-0.25, -0.2) is 8.78 Å². The molecule has 27 heavy (non-hydrogen) atoms. The number of Topliss-reactive ketones (excluding diaryl/α,β-unsaturated/α-hetero) is 2. The Balaban J connectivity index is 1.78. The molecule has 148 valence electrons. The molecule has 0 aromatic rings. The average Bonchev–Trinajstić information content (AvgIpc) is 2.98. The second kappa shape index (κ2) is 6.03. The number of aliphatic hydroxyl groups excluding tert-OH is 1. The molecule has 6 heteroatoms. The highest BCUT2D eigenvalue weighted by molar-refractivity contribution is 6.11. The standard InChI is InChI=1S/C21H26F2O4/c1-20-6-5-13-17(12(20)4-3-11(20)15(26)9-24)19(23)18(22)14-7-10(25)8-16(27)21(13,14)2/h7,11-13,17-19,24H,3-6,8-9H2,1-2H3/t11-,12+,13+,17+,18?,19?,20-,21-/m1/s1. The van der Waals surface area contributed by atoms with Crippen molar-refractivity contribution < 1.29 is 28.3 Å². The largest absolute Gasteiger partial charge is 0.389 e. The Morgan fingerprint density at radius 3 is 2.56 bits per heavy atom. The SMILES string of the molecule is C[C@]12C(=O)CC(=O)C=C1C(F)C(F)[C@@H]1[C@@H]2CC[C@]2(C)[C@@H](C(=O)CO)CC[C@@H]12. The third kappa shape index (κ3) is 2.31. The van der Waals surface area contributed by atoms with Gasteiger partial charge in [-0.1, -0.05) is 6.92 Å². The van der Waals surface area contributed by atoms with Gasteiger partial charge < -0.3 is 5.11 Å². The van der Waals surface area contributed by atoms with Gasteiger partial charge in [0, 0.05) is 11.8 Å². The van der Waals surface area contributed by atoms with Crippen LogP contribution in [-0.2, 0) is 14.4 Å². The molecule has 0 aromatic carbocycles. The Morgan fingerprint density at radius 2 is 1.89 bits per heavy atom. The minimum absolute atomic E-state index is 0.0158.